The van der Waals surface area contributed by atoms with Crippen molar-refractivity contribution >= 4 is 28.2 Å². The van der Waals surface area contributed by atoms with Crippen molar-refractivity contribution in [1.29, 1.82) is 0 Å². The Morgan fingerprint density at radius 1 is 1.23 bits per heavy atom. The summed E-state index contributed by atoms with van der Waals surface area (Å²) in [6.45, 7) is 0.846. The Kier molecular flexibility index (Phi) is 3.71. The number of rotatable bonds is 2. The number of nitrogens with one attached hydrogen (secondary N) is 1. The number of ether oxygens (including phenoxy) is 1. The molecule has 1 atom stereocenters. The Morgan fingerprint density at radius 3 is 2.91 bits per heavy atom. The summed E-state index contributed by atoms with van der Waals surface area (Å²) in [5.74, 6) is 0.878. The Bertz CT molecular complexity index is 682. The van der Waals surface area contributed by atoms with E-state index in [4.69, 9.17) is 16.3 Å². The third-order valence-electron chi connectivity index (χ3n) is 5.05. The number of fused-ring (bicyclic) bond motifs is 1. The van der Waals surface area contributed by atoms with Gasteiger partial charge in [-0.2, -0.15) is 0 Å². The summed E-state index contributed by atoms with van der Waals surface area (Å²) in [5, 5.41) is 6.30. The number of halogens is 1. The van der Waals surface area contributed by atoms with E-state index in [1.54, 1.807) is 0 Å². The number of hydrogen-bond donors (Lipinski definition) is 1. The molecule has 0 amide bonds. The summed E-state index contributed by atoms with van der Waals surface area (Å²) in [6, 6.07) is 10.6. The molecule has 3 nitrogen and oxygen atoms in total. The smallest absolute Gasteiger partial charge is 0.139 e. The van der Waals surface area contributed by atoms with Crippen LogP contribution in [0, 0.1) is 0 Å². The van der Waals surface area contributed by atoms with Gasteiger partial charge in [-0.1, -0.05) is 48.7 Å². The molecule has 2 fully saturated rings. The summed E-state index contributed by atoms with van der Waals surface area (Å²) in [7, 11) is 0. The highest BCUT2D eigenvalue weighted by Crippen LogP contribution is 2.40. The number of benzene rings is 1. The first-order valence-electron chi connectivity index (χ1n) is 8.20. The van der Waals surface area contributed by atoms with Gasteiger partial charge in [-0.05, 0) is 37.1 Å². The van der Waals surface area contributed by atoms with E-state index >= 15 is 0 Å². The quantitative estimate of drug-likeness (QED) is 0.809. The van der Waals surface area contributed by atoms with E-state index in [9.17, 15) is 0 Å². The molecule has 1 aliphatic heterocycles. The molecule has 1 saturated carbocycles. The topological polar surface area (TPSA) is 34.2 Å². The van der Waals surface area contributed by atoms with E-state index in [0.29, 0.717) is 11.2 Å². The van der Waals surface area contributed by atoms with Crippen LogP contribution in [0.25, 0.3) is 10.8 Å². The highest BCUT2D eigenvalue weighted by molar-refractivity contribution is 6.34. The standard InChI is InChI=1S/C18H21ClN2O/c19-17-15-6-2-1-5-13(15)11-16(21-17)20-14-7-10-22-18(12-14)8-3-4-9-18/h1-2,5-6,11,14H,3-4,7-10,12H2,(H,20,21). The van der Waals surface area contributed by atoms with Crippen LogP contribution >= 0.6 is 11.6 Å². The van der Waals surface area contributed by atoms with E-state index in [1.165, 1.54) is 25.7 Å². The molecule has 4 heteroatoms. The van der Waals surface area contributed by atoms with Gasteiger partial charge in [-0.3, -0.25) is 0 Å². The molecule has 2 heterocycles. The maximum atomic E-state index is 6.32. The van der Waals surface area contributed by atoms with Crippen molar-refractivity contribution in [3.8, 4) is 0 Å². The third-order valence-corrected chi connectivity index (χ3v) is 5.34. The summed E-state index contributed by atoms with van der Waals surface area (Å²) in [4.78, 5) is 4.52. The zero-order chi connectivity index (χ0) is 15.0. The second kappa shape index (κ2) is 5.71. The lowest BCUT2D eigenvalue weighted by molar-refractivity contribution is -0.0767. The maximum absolute atomic E-state index is 6.32. The zero-order valence-electron chi connectivity index (χ0n) is 12.6. The van der Waals surface area contributed by atoms with Gasteiger partial charge in [-0.25, -0.2) is 4.98 Å². The summed E-state index contributed by atoms with van der Waals surface area (Å²) in [5.41, 5.74) is 0.122. The van der Waals surface area contributed by atoms with Crippen molar-refractivity contribution in [3.63, 3.8) is 0 Å². The van der Waals surface area contributed by atoms with Gasteiger partial charge in [0.2, 0.25) is 0 Å². The molecule has 1 aromatic heterocycles. The van der Waals surface area contributed by atoms with Gasteiger partial charge in [0.05, 0.1) is 5.60 Å². The van der Waals surface area contributed by atoms with Gasteiger partial charge in [0.1, 0.15) is 11.0 Å². The molecule has 1 unspecified atom stereocenters. The molecule has 1 aromatic carbocycles. The number of pyridine rings is 1. The highest BCUT2D eigenvalue weighted by Gasteiger charge is 2.39. The van der Waals surface area contributed by atoms with Crippen LogP contribution in [-0.4, -0.2) is 23.2 Å². The van der Waals surface area contributed by atoms with Gasteiger partial charge in [-0.15, -0.1) is 0 Å². The Hall–Kier alpha value is -1.32. The lowest BCUT2D eigenvalue weighted by Crippen LogP contribution is -2.42. The number of hydrogen-bond acceptors (Lipinski definition) is 3. The van der Waals surface area contributed by atoms with Crippen LogP contribution in [0.4, 0.5) is 5.82 Å². The molecular weight excluding hydrogens is 296 g/mol. The molecule has 1 aliphatic carbocycles. The van der Waals surface area contributed by atoms with Crippen molar-refractivity contribution in [2.45, 2.75) is 50.2 Å². The largest absolute Gasteiger partial charge is 0.375 e. The molecule has 116 valence electrons. The van der Waals surface area contributed by atoms with Crippen LogP contribution < -0.4 is 5.32 Å². The van der Waals surface area contributed by atoms with Crippen LogP contribution in [-0.2, 0) is 4.74 Å². The SMILES string of the molecule is Clc1nc(NC2CCOC3(CCCC3)C2)cc2ccccc12. The van der Waals surface area contributed by atoms with Gasteiger partial charge in [0.25, 0.3) is 0 Å². The summed E-state index contributed by atoms with van der Waals surface area (Å²) >= 11 is 6.32. The van der Waals surface area contributed by atoms with Crippen LogP contribution in [0.2, 0.25) is 5.15 Å². The van der Waals surface area contributed by atoms with Crippen molar-refractivity contribution < 1.29 is 4.74 Å². The minimum absolute atomic E-state index is 0.122. The van der Waals surface area contributed by atoms with Crippen molar-refractivity contribution in [2.75, 3.05) is 11.9 Å². The highest BCUT2D eigenvalue weighted by atomic mass is 35.5. The average Bonchev–Trinajstić information content (AvgIpc) is 2.95. The molecule has 2 aliphatic rings. The monoisotopic (exact) mass is 316 g/mol. The van der Waals surface area contributed by atoms with E-state index in [-0.39, 0.29) is 5.60 Å². The molecule has 22 heavy (non-hydrogen) atoms. The Morgan fingerprint density at radius 2 is 2.05 bits per heavy atom. The first kappa shape index (κ1) is 14.3. The fourth-order valence-corrected chi connectivity index (χ4v) is 4.22. The molecule has 0 bridgehead atoms. The first-order chi connectivity index (χ1) is 10.7. The summed E-state index contributed by atoms with van der Waals surface area (Å²) in [6.07, 6.45) is 7.13. The second-order valence-electron chi connectivity index (χ2n) is 6.59. The molecule has 1 N–H and O–H groups in total. The minimum Gasteiger partial charge on any atom is -0.375 e. The van der Waals surface area contributed by atoms with Gasteiger partial charge >= 0.3 is 0 Å². The lowest BCUT2D eigenvalue weighted by Gasteiger charge is -2.38. The van der Waals surface area contributed by atoms with Crippen LogP contribution in [0.5, 0.6) is 0 Å². The predicted octanol–water partition coefficient (Wildman–Crippen LogP) is 4.79. The van der Waals surface area contributed by atoms with E-state index < -0.39 is 0 Å². The maximum Gasteiger partial charge on any atom is 0.139 e. The fraction of sp³-hybridized carbons (Fsp3) is 0.500. The first-order valence-corrected chi connectivity index (χ1v) is 8.58. The van der Waals surface area contributed by atoms with Gasteiger partial charge in [0, 0.05) is 18.0 Å². The number of anilines is 1. The van der Waals surface area contributed by atoms with E-state index in [2.05, 4.69) is 22.4 Å². The zero-order valence-corrected chi connectivity index (χ0v) is 13.4. The van der Waals surface area contributed by atoms with Crippen LogP contribution in [0.15, 0.2) is 30.3 Å². The lowest BCUT2D eigenvalue weighted by atomic mass is 9.89. The Balaban J connectivity index is 1.55. The van der Waals surface area contributed by atoms with Gasteiger partial charge < -0.3 is 10.1 Å². The average molecular weight is 317 g/mol. The minimum atomic E-state index is 0.122. The molecule has 2 aromatic rings. The molecule has 0 radical (unpaired) electrons. The van der Waals surface area contributed by atoms with Crippen molar-refractivity contribution in [3.05, 3.63) is 35.5 Å². The Labute approximate surface area is 136 Å². The molecule has 1 spiro atoms. The predicted molar refractivity (Wildman–Crippen MR) is 90.5 cm³/mol. The molecular formula is C18H21ClN2O. The normalized spacial score (nSPS) is 24.0. The van der Waals surface area contributed by atoms with Crippen molar-refractivity contribution in [1.82, 2.24) is 4.98 Å². The molecule has 4 rings (SSSR count). The second-order valence-corrected chi connectivity index (χ2v) is 6.95. The van der Waals surface area contributed by atoms with E-state index in [0.717, 1.165) is 36.0 Å². The number of aromatic nitrogens is 1. The van der Waals surface area contributed by atoms with Crippen LogP contribution in [0.1, 0.15) is 38.5 Å². The number of nitrogens with zero attached hydrogens (tertiary/aromatic N) is 1. The summed E-state index contributed by atoms with van der Waals surface area (Å²) < 4.78 is 6.10. The molecule has 1 saturated heterocycles. The fourth-order valence-electron chi connectivity index (χ4n) is 3.96. The van der Waals surface area contributed by atoms with Crippen molar-refractivity contribution in [2.24, 2.45) is 0 Å². The van der Waals surface area contributed by atoms with E-state index in [1.807, 2.05) is 18.2 Å². The third kappa shape index (κ3) is 2.68. The van der Waals surface area contributed by atoms with Crippen LogP contribution in [0.3, 0.4) is 0 Å². The van der Waals surface area contributed by atoms with Gasteiger partial charge in [0.15, 0.2) is 0 Å².